The Balaban J connectivity index is 0.000000131. The second kappa shape index (κ2) is 10.8. The molecule has 8 aromatic rings. The Morgan fingerprint density at radius 3 is 1.15 bits per heavy atom. The van der Waals surface area contributed by atoms with Crippen LogP contribution in [0.25, 0.3) is 87.6 Å². The normalized spacial score (nSPS) is 11.8. The van der Waals surface area contributed by atoms with Crippen LogP contribution in [-0.4, -0.2) is 28.4 Å². The summed E-state index contributed by atoms with van der Waals surface area (Å²) >= 11 is 0. The van der Waals surface area contributed by atoms with E-state index < -0.39 is 0 Å². The van der Waals surface area contributed by atoms with E-state index in [9.17, 15) is 0 Å². The van der Waals surface area contributed by atoms with Crippen molar-refractivity contribution in [3.63, 3.8) is 0 Å². The molecule has 0 radical (unpaired) electrons. The zero-order chi connectivity index (χ0) is 32.5. The largest absolute Gasteiger partial charge is 0.497 e. The van der Waals surface area contributed by atoms with Gasteiger partial charge in [0.15, 0.2) is 0 Å². The van der Waals surface area contributed by atoms with E-state index in [1.165, 1.54) is 87.6 Å². The maximum Gasteiger partial charge on any atom is 0.120 e. The highest BCUT2D eigenvalue weighted by Gasteiger charge is 2.25. The molecule has 0 saturated carbocycles. The van der Waals surface area contributed by atoms with Crippen molar-refractivity contribution in [2.45, 2.75) is 0 Å². The van der Waals surface area contributed by atoms with E-state index in [1.54, 1.807) is 28.4 Å². The molecule has 232 valence electrons. The van der Waals surface area contributed by atoms with E-state index in [0.717, 1.165) is 23.0 Å². The fourth-order valence-electron chi connectivity index (χ4n) is 7.78. The van der Waals surface area contributed by atoms with Gasteiger partial charge < -0.3 is 18.9 Å². The maximum absolute atomic E-state index is 5.50. The van der Waals surface area contributed by atoms with Crippen LogP contribution in [0.3, 0.4) is 0 Å². The van der Waals surface area contributed by atoms with Gasteiger partial charge in [0, 0.05) is 0 Å². The van der Waals surface area contributed by atoms with Gasteiger partial charge in [-0.3, -0.25) is 0 Å². The average molecular weight is 625 g/mol. The van der Waals surface area contributed by atoms with Crippen molar-refractivity contribution >= 4 is 43.1 Å². The van der Waals surface area contributed by atoms with Gasteiger partial charge in [-0.25, -0.2) is 0 Å². The topological polar surface area (TPSA) is 36.9 Å². The standard InChI is InChI=1S/2C22H16O2/c2*1-23-15-7-9-17-13(10-15)6-8-18-20-12-16(24-2)11-14-4-3-5-19(21(14)20)22(17)18/h2*3-12H,1-2H3. The molecule has 0 unspecified atom stereocenters. The van der Waals surface area contributed by atoms with Crippen molar-refractivity contribution in [1.29, 1.82) is 0 Å². The summed E-state index contributed by atoms with van der Waals surface area (Å²) in [7, 11) is 6.86. The summed E-state index contributed by atoms with van der Waals surface area (Å²) in [5.41, 5.74) is 10.3. The highest BCUT2D eigenvalue weighted by Crippen LogP contribution is 2.53. The first-order chi connectivity index (χ1) is 23.6. The smallest absolute Gasteiger partial charge is 0.120 e. The molecule has 2 aliphatic rings. The predicted molar refractivity (Wildman–Crippen MR) is 198 cm³/mol. The highest BCUT2D eigenvalue weighted by molar-refractivity contribution is 6.22. The quantitative estimate of drug-likeness (QED) is 0.195. The van der Waals surface area contributed by atoms with Gasteiger partial charge in [0.1, 0.15) is 23.0 Å². The number of hydrogen-bond acceptors (Lipinski definition) is 4. The molecular formula is C44H32O4. The third kappa shape index (κ3) is 4.09. The molecule has 0 N–H and O–H groups in total. The zero-order valence-electron chi connectivity index (χ0n) is 27.2. The van der Waals surface area contributed by atoms with Crippen LogP contribution in [0.5, 0.6) is 23.0 Å². The van der Waals surface area contributed by atoms with Crippen LogP contribution >= 0.6 is 0 Å². The Morgan fingerprint density at radius 1 is 0.312 bits per heavy atom. The molecule has 0 spiro atoms. The van der Waals surface area contributed by atoms with Gasteiger partial charge >= 0.3 is 0 Å². The van der Waals surface area contributed by atoms with Crippen LogP contribution in [-0.2, 0) is 0 Å². The van der Waals surface area contributed by atoms with Gasteiger partial charge in [0.2, 0.25) is 0 Å². The fourth-order valence-corrected chi connectivity index (χ4v) is 7.78. The Kier molecular flexibility index (Phi) is 6.34. The second-order valence-corrected chi connectivity index (χ2v) is 12.3. The van der Waals surface area contributed by atoms with Crippen molar-refractivity contribution in [2.75, 3.05) is 28.4 Å². The first kappa shape index (κ1) is 28.2. The van der Waals surface area contributed by atoms with Crippen molar-refractivity contribution < 1.29 is 18.9 Å². The van der Waals surface area contributed by atoms with Crippen molar-refractivity contribution in [1.82, 2.24) is 0 Å². The lowest BCUT2D eigenvalue weighted by Gasteiger charge is -2.09. The Labute approximate surface area is 278 Å². The van der Waals surface area contributed by atoms with Crippen molar-refractivity contribution in [3.05, 3.63) is 121 Å². The van der Waals surface area contributed by atoms with Gasteiger partial charge in [-0.05, 0) is 136 Å². The third-order valence-electron chi connectivity index (χ3n) is 9.95. The molecule has 0 aliphatic heterocycles. The van der Waals surface area contributed by atoms with E-state index >= 15 is 0 Å². The minimum atomic E-state index is 0.887. The average Bonchev–Trinajstić information content (AvgIpc) is 3.65. The molecule has 0 atom stereocenters. The third-order valence-corrected chi connectivity index (χ3v) is 9.95. The molecular weight excluding hydrogens is 592 g/mol. The first-order valence-corrected chi connectivity index (χ1v) is 16.0. The van der Waals surface area contributed by atoms with Gasteiger partial charge in [-0.1, -0.05) is 72.8 Å². The van der Waals surface area contributed by atoms with E-state index in [1.807, 2.05) is 12.1 Å². The molecule has 0 saturated heterocycles. The van der Waals surface area contributed by atoms with Crippen LogP contribution in [0.4, 0.5) is 0 Å². The maximum atomic E-state index is 5.50. The van der Waals surface area contributed by atoms with Gasteiger partial charge in [0.25, 0.3) is 0 Å². The van der Waals surface area contributed by atoms with E-state index in [-0.39, 0.29) is 0 Å². The van der Waals surface area contributed by atoms with Gasteiger partial charge in [-0.15, -0.1) is 0 Å². The lowest BCUT2D eigenvalue weighted by molar-refractivity contribution is 0.415. The summed E-state index contributed by atoms with van der Waals surface area (Å²) in [5, 5.41) is 9.99. The molecule has 10 rings (SSSR count). The number of fused-ring (bicyclic) bond motifs is 10. The molecule has 0 aromatic heterocycles. The number of methoxy groups -OCH3 is 4. The molecule has 0 amide bonds. The fraction of sp³-hybridized carbons (Fsp3) is 0.0909. The van der Waals surface area contributed by atoms with Crippen LogP contribution in [0, 0.1) is 0 Å². The van der Waals surface area contributed by atoms with E-state index in [2.05, 4.69) is 109 Å². The van der Waals surface area contributed by atoms with E-state index in [4.69, 9.17) is 18.9 Å². The van der Waals surface area contributed by atoms with Gasteiger partial charge in [-0.2, -0.15) is 0 Å². The lowest BCUT2D eigenvalue weighted by atomic mass is 9.96. The lowest BCUT2D eigenvalue weighted by Crippen LogP contribution is -1.85. The monoisotopic (exact) mass is 624 g/mol. The summed E-state index contributed by atoms with van der Waals surface area (Å²) in [5.74, 6) is 3.57. The first-order valence-electron chi connectivity index (χ1n) is 16.0. The van der Waals surface area contributed by atoms with Crippen LogP contribution < -0.4 is 18.9 Å². The molecule has 0 fully saturated rings. The molecule has 8 aromatic carbocycles. The zero-order valence-corrected chi connectivity index (χ0v) is 27.2. The van der Waals surface area contributed by atoms with Crippen LogP contribution in [0.2, 0.25) is 0 Å². The second-order valence-electron chi connectivity index (χ2n) is 12.3. The predicted octanol–water partition coefficient (Wildman–Crippen LogP) is 11.3. The Bertz CT molecular complexity index is 2430. The minimum absolute atomic E-state index is 0.887. The van der Waals surface area contributed by atoms with Crippen molar-refractivity contribution in [2.24, 2.45) is 0 Å². The SMILES string of the molecule is COc1ccc2c3c(ccc2c1)-c1cc(OC)cc2cccc-3c12.COc1ccc2c3c(ccc2c1)-c1cc(OC)cc2cccc-3c12. The number of benzene rings is 8. The Hall–Kier alpha value is -6.00. The highest BCUT2D eigenvalue weighted by atomic mass is 16.5. The number of hydrogen-bond donors (Lipinski definition) is 0. The van der Waals surface area contributed by atoms with Crippen LogP contribution in [0.1, 0.15) is 0 Å². The Morgan fingerprint density at radius 2 is 0.729 bits per heavy atom. The molecule has 0 bridgehead atoms. The molecule has 4 nitrogen and oxygen atoms in total. The summed E-state index contributed by atoms with van der Waals surface area (Å²) in [6.07, 6.45) is 0. The van der Waals surface area contributed by atoms with Crippen molar-refractivity contribution in [3.8, 4) is 67.5 Å². The van der Waals surface area contributed by atoms with Gasteiger partial charge in [0.05, 0.1) is 28.4 Å². The summed E-state index contributed by atoms with van der Waals surface area (Å²) in [4.78, 5) is 0. The summed E-state index contributed by atoms with van der Waals surface area (Å²) in [6.45, 7) is 0. The minimum Gasteiger partial charge on any atom is -0.497 e. The van der Waals surface area contributed by atoms with Crippen LogP contribution in [0.15, 0.2) is 121 Å². The molecule has 48 heavy (non-hydrogen) atoms. The molecule has 0 heterocycles. The summed E-state index contributed by atoms with van der Waals surface area (Å²) < 4.78 is 21.8. The van der Waals surface area contributed by atoms with E-state index in [0.29, 0.717) is 0 Å². The molecule has 2 aliphatic carbocycles. The molecule has 4 heteroatoms. The summed E-state index contributed by atoms with van der Waals surface area (Å²) in [6, 6.07) is 42.9. The number of ether oxygens (including phenoxy) is 4. The number of rotatable bonds is 4.